The number of nitrogens with one attached hydrogen (secondary N) is 3. The zero-order chi connectivity index (χ0) is 20.4. The molecule has 0 saturated carbocycles. The molecule has 0 bridgehead atoms. The van der Waals surface area contributed by atoms with Crippen molar-refractivity contribution in [2.75, 3.05) is 39.8 Å². The van der Waals surface area contributed by atoms with Gasteiger partial charge in [0.2, 0.25) is 5.91 Å². The van der Waals surface area contributed by atoms with E-state index in [4.69, 9.17) is 9.73 Å². The zero-order valence-corrected chi connectivity index (χ0v) is 17.6. The Labute approximate surface area is 168 Å². The highest BCUT2D eigenvalue weighted by atomic mass is 16.5. The number of likely N-dealkylation sites (N-methyl/N-ethyl adjacent to an activating group) is 1. The molecule has 156 valence electrons. The van der Waals surface area contributed by atoms with Crippen LogP contribution in [0.4, 0.5) is 0 Å². The lowest BCUT2D eigenvalue weighted by Gasteiger charge is -2.32. The van der Waals surface area contributed by atoms with E-state index >= 15 is 0 Å². The summed E-state index contributed by atoms with van der Waals surface area (Å²) in [5, 5.41) is 9.53. The summed E-state index contributed by atoms with van der Waals surface area (Å²) in [6.07, 6.45) is 1.99. The number of carbonyl (C=O) groups excluding carboxylic acids is 1. The van der Waals surface area contributed by atoms with Crippen LogP contribution in [-0.2, 0) is 4.79 Å². The van der Waals surface area contributed by atoms with E-state index in [9.17, 15) is 4.79 Å². The van der Waals surface area contributed by atoms with Gasteiger partial charge in [-0.15, -0.1) is 0 Å². The lowest BCUT2D eigenvalue weighted by atomic mass is 10.1. The SMILES string of the molecule is CCNC(=NCC(C)Oc1cccc(C)c1)NC1CCN(CC(=O)NC)CC1. The van der Waals surface area contributed by atoms with Gasteiger partial charge in [0.15, 0.2) is 5.96 Å². The molecule has 1 aromatic rings. The number of nitrogens with zero attached hydrogens (tertiary/aromatic N) is 2. The lowest BCUT2D eigenvalue weighted by Crippen LogP contribution is -2.50. The van der Waals surface area contributed by atoms with Crippen LogP contribution in [-0.4, -0.2) is 68.7 Å². The Morgan fingerprint density at radius 2 is 2.11 bits per heavy atom. The fraction of sp³-hybridized carbons (Fsp3) is 0.619. The topological polar surface area (TPSA) is 78.0 Å². The summed E-state index contributed by atoms with van der Waals surface area (Å²) in [5.74, 6) is 1.78. The predicted octanol–water partition coefficient (Wildman–Crippen LogP) is 1.53. The minimum absolute atomic E-state index is 0.00772. The molecule has 2 rings (SSSR count). The van der Waals surface area contributed by atoms with Crippen molar-refractivity contribution in [3.05, 3.63) is 29.8 Å². The normalized spacial score (nSPS) is 17.1. The second-order valence-electron chi connectivity index (χ2n) is 7.33. The van der Waals surface area contributed by atoms with Crippen LogP contribution in [0.5, 0.6) is 5.75 Å². The average molecular weight is 390 g/mol. The molecule has 1 atom stereocenters. The van der Waals surface area contributed by atoms with Crippen LogP contribution >= 0.6 is 0 Å². The summed E-state index contributed by atoms with van der Waals surface area (Å²) < 4.78 is 5.97. The number of aliphatic imine (C=N–C) groups is 1. The van der Waals surface area contributed by atoms with E-state index in [0.717, 1.165) is 44.2 Å². The molecule has 0 spiro atoms. The number of piperidine rings is 1. The fourth-order valence-electron chi connectivity index (χ4n) is 3.21. The number of hydrogen-bond acceptors (Lipinski definition) is 4. The van der Waals surface area contributed by atoms with Gasteiger partial charge in [-0.05, 0) is 51.3 Å². The number of amides is 1. The molecular weight excluding hydrogens is 354 g/mol. The van der Waals surface area contributed by atoms with Crippen LogP contribution in [0.15, 0.2) is 29.3 Å². The van der Waals surface area contributed by atoms with Crippen LogP contribution in [0.2, 0.25) is 0 Å². The number of hydrogen-bond donors (Lipinski definition) is 3. The number of likely N-dealkylation sites (tertiary alicyclic amines) is 1. The first kappa shape index (κ1) is 22.0. The van der Waals surface area contributed by atoms with Gasteiger partial charge < -0.3 is 20.7 Å². The summed E-state index contributed by atoms with van der Waals surface area (Å²) >= 11 is 0. The lowest BCUT2D eigenvalue weighted by molar-refractivity contribution is -0.122. The van der Waals surface area contributed by atoms with Crippen LogP contribution in [0.1, 0.15) is 32.3 Å². The monoisotopic (exact) mass is 389 g/mol. The van der Waals surface area contributed by atoms with Gasteiger partial charge >= 0.3 is 0 Å². The van der Waals surface area contributed by atoms with E-state index in [1.807, 2.05) is 25.1 Å². The number of rotatable bonds is 8. The van der Waals surface area contributed by atoms with Gasteiger partial charge in [-0.25, -0.2) is 4.99 Å². The van der Waals surface area contributed by atoms with E-state index in [1.54, 1.807) is 7.05 Å². The first-order valence-electron chi connectivity index (χ1n) is 10.2. The number of guanidine groups is 1. The molecule has 1 unspecified atom stereocenters. The third-order valence-electron chi connectivity index (χ3n) is 4.75. The Morgan fingerprint density at radius 3 is 2.75 bits per heavy atom. The van der Waals surface area contributed by atoms with Crippen molar-refractivity contribution in [1.82, 2.24) is 20.9 Å². The Bertz CT molecular complexity index is 641. The standard InChI is InChI=1S/C21H35N5O2/c1-5-23-21(24-14-17(3)28-19-8-6-7-16(2)13-19)25-18-9-11-26(12-10-18)15-20(27)22-4/h6-8,13,17-18H,5,9-12,14-15H2,1-4H3,(H,22,27)(H2,23,24,25). The quantitative estimate of drug-likeness (QED) is 0.464. The Balaban J connectivity index is 1.81. The molecule has 1 aromatic carbocycles. The van der Waals surface area contributed by atoms with E-state index in [-0.39, 0.29) is 12.0 Å². The molecule has 3 N–H and O–H groups in total. The molecule has 1 amide bonds. The zero-order valence-electron chi connectivity index (χ0n) is 17.6. The molecule has 28 heavy (non-hydrogen) atoms. The molecule has 1 fully saturated rings. The molecule has 1 aliphatic heterocycles. The molecule has 1 aliphatic rings. The summed E-state index contributed by atoms with van der Waals surface area (Å²) in [5.41, 5.74) is 1.19. The maximum Gasteiger partial charge on any atom is 0.233 e. The summed E-state index contributed by atoms with van der Waals surface area (Å²) in [6.45, 7) is 9.86. The largest absolute Gasteiger partial charge is 0.489 e. The van der Waals surface area contributed by atoms with Crippen LogP contribution in [0, 0.1) is 6.92 Å². The van der Waals surface area contributed by atoms with Crippen LogP contribution in [0.25, 0.3) is 0 Å². The highest BCUT2D eigenvalue weighted by molar-refractivity contribution is 5.80. The van der Waals surface area contributed by atoms with Crippen molar-refractivity contribution in [2.24, 2.45) is 4.99 Å². The van der Waals surface area contributed by atoms with Crippen molar-refractivity contribution in [3.63, 3.8) is 0 Å². The van der Waals surface area contributed by atoms with E-state index < -0.39 is 0 Å². The van der Waals surface area contributed by atoms with E-state index in [2.05, 4.69) is 40.8 Å². The second-order valence-corrected chi connectivity index (χ2v) is 7.33. The summed E-state index contributed by atoms with van der Waals surface area (Å²) in [6, 6.07) is 8.44. The average Bonchev–Trinajstić information content (AvgIpc) is 2.67. The van der Waals surface area contributed by atoms with Gasteiger partial charge in [0.1, 0.15) is 11.9 Å². The molecule has 7 nitrogen and oxygen atoms in total. The molecule has 0 radical (unpaired) electrons. The van der Waals surface area contributed by atoms with Crippen molar-refractivity contribution < 1.29 is 9.53 Å². The maximum atomic E-state index is 11.5. The first-order chi connectivity index (χ1) is 13.5. The van der Waals surface area contributed by atoms with Crippen LogP contribution < -0.4 is 20.7 Å². The third kappa shape index (κ3) is 7.76. The molecule has 7 heteroatoms. The van der Waals surface area contributed by atoms with Gasteiger partial charge in [0.25, 0.3) is 0 Å². The van der Waals surface area contributed by atoms with Crippen molar-refractivity contribution in [2.45, 2.75) is 45.8 Å². The first-order valence-corrected chi connectivity index (χ1v) is 10.2. The Hall–Kier alpha value is -2.28. The second kappa shape index (κ2) is 11.5. The van der Waals surface area contributed by atoms with E-state index in [0.29, 0.717) is 19.1 Å². The van der Waals surface area contributed by atoms with Gasteiger partial charge in [0.05, 0.1) is 13.1 Å². The van der Waals surface area contributed by atoms with Gasteiger partial charge in [-0.2, -0.15) is 0 Å². The maximum absolute atomic E-state index is 11.5. The van der Waals surface area contributed by atoms with Crippen LogP contribution in [0.3, 0.4) is 0 Å². The molecule has 0 aromatic heterocycles. The summed E-state index contributed by atoms with van der Waals surface area (Å²) in [7, 11) is 1.68. The number of carbonyl (C=O) groups is 1. The number of ether oxygens (including phenoxy) is 1. The Morgan fingerprint density at radius 1 is 1.36 bits per heavy atom. The third-order valence-corrected chi connectivity index (χ3v) is 4.75. The van der Waals surface area contributed by atoms with Crippen molar-refractivity contribution >= 4 is 11.9 Å². The minimum Gasteiger partial charge on any atom is -0.489 e. The van der Waals surface area contributed by atoms with Gasteiger partial charge in [-0.3, -0.25) is 9.69 Å². The molecule has 0 aliphatic carbocycles. The van der Waals surface area contributed by atoms with E-state index in [1.165, 1.54) is 5.56 Å². The molecular formula is C21H35N5O2. The highest BCUT2D eigenvalue weighted by Gasteiger charge is 2.21. The van der Waals surface area contributed by atoms with Gasteiger partial charge in [0, 0.05) is 32.7 Å². The highest BCUT2D eigenvalue weighted by Crippen LogP contribution is 2.14. The fourth-order valence-corrected chi connectivity index (χ4v) is 3.21. The Kier molecular flexibility index (Phi) is 9.07. The number of benzene rings is 1. The molecule has 1 saturated heterocycles. The summed E-state index contributed by atoms with van der Waals surface area (Å²) in [4.78, 5) is 18.4. The van der Waals surface area contributed by atoms with Gasteiger partial charge in [-0.1, -0.05) is 12.1 Å². The van der Waals surface area contributed by atoms with Crippen molar-refractivity contribution in [3.8, 4) is 5.75 Å². The van der Waals surface area contributed by atoms with Crippen molar-refractivity contribution in [1.29, 1.82) is 0 Å². The number of aryl methyl sites for hydroxylation is 1. The minimum atomic E-state index is -0.00772. The smallest absolute Gasteiger partial charge is 0.233 e. The molecule has 1 heterocycles. The predicted molar refractivity (Wildman–Crippen MR) is 114 cm³/mol.